The Morgan fingerprint density at radius 1 is 1.71 bits per heavy atom. The van der Waals surface area contributed by atoms with Crippen molar-refractivity contribution in [3.8, 4) is 0 Å². The third-order valence-corrected chi connectivity index (χ3v) is 2.14. The molecule has 0 aliphatic heterocycles. The number of halogens is 1. The summed E-state index contributed by atoms with van der Waals surface area (Å²) in [7, 11) is 0. The molecule has 0 radical (unpaired) electrons. The van der Waals surface area contributed by atoms with E-state index in [1.165, 1.54) is 12.8 Å². The Hall–Kier alpha value is 0.220. The van der Waals surface area contributed by atoms with Gasteiger partial charge >= 0.3 is 0 Å². The monoisotopic (exact) mass is 160 g/mol. The van der Waals surface area contributed by atoms with Gasteiger partial charge in [-0.2, -0.15) is 0 Å². The van der Waals surface area contributed by atoms with Gasteiger partial charge in [0.2, 0.25) is 0 Å². The molecular formula is C6H9Br. The molecule has 1 atom stereocenters. The van der Waals surface area contributed by atoms with E-state index in [4.69, 9.17) is 0 Å². The summed E-state index contributed by atoms with van der Waals surface area (Å²) in [5.74, 6) is 0.833. The second kappa shape index (κ2) is 2.51. The lowest BCUT2D eigenvalue weighted by Crippen LogP contribution is -1.89. The van der Waals surface area contributed by atoms with Gasteiger partial charge < -0.3 is 0 Å². The van der Waals surface area contributed by atoms with E-state index in [2.05, 4.69) is 28.1 Å². The minimum atomic E-state index is 0.833. The Labute approximate surface area is 52.7 Å². The molecule has 7 heavy (non-hydrogen) atoms. The van der Waals surface area contributed by atoms with Crippen LogP contribution in [0.5, 0.6) is 0 Å². The predicted octanol–water partition coefficient (Wildman–Crippen LogP) is 2.35. The first-order valence-electron chi connectivity index (χ1n) is 2.66. The van der Waals surface area contributed by atoms with Crippen molar-refractivity contribution in [2.24, 2.45) is 5.92 Å². The summed E-state index contributed by atoms with van der Waals surface area (Å²) in [6.07, 6.45) is 7.18. The number of rotatable bonds is 1. The number of allylic oxidation sites excluding steroid dienone is 2. The van der Waals surface area contributed by atoms with Gasteiger partial charge in [-0.25, -0.2) is 0 Å². The second-order valence-electron chi connectivity index (χ2n) is 1.92. The Morgan fingerprint density at radius 3 is 2.86 bits per heavy atom. The second-order valence-corrected chi connectivity index (χ2v) is 2.57. The number of alkyl halides is 1. The van der Waals surface area contributed by atoms with Gasteiger partial charge in [-0.3, -0.25) is 0 Å². The van der Waals surface area contributed by atoms with Crippen LogP contribution in [0.15, 0.2) is 12.2 Å². The average molecular weight is 161 g/mol. The Kier molecular flexibility index (Phi) is 1.92. The van der Waals surface area contributed by atoms with E-state index in [1.807, 2.05) is 0 Å². The molecule has 0 saturated heterocycles. The van der Waals surface area contributed by atoms with Gasteiger partial charge in [-0.05, 0) is 18.8 Å². The van der Waals surface area contributed by atoms with Gasteiger partial charge in [0.25, 0.3) is 0 Å². The van der Waals surface area contributed by atoms with Crippen LogP contribution in [0.2, 0.25) is 0 Å². The normalized spacial score (nSPS) is 29.0. The SMILES string of the molecule is BrCC1C=CCC1. The molecule has 1 aliphatic carbocycles. The lowest BCUT2D eigenvalue weighted by Gasteiger charge is -1.96. The average Bonchev–Trinajstić information content (AvgIpc) is 2.14. The lowest BCUT2D eigenvalue weighted by molar-refractivity contribution is 0.717. The van der Waals surface area contributed by atoms with Crippen molar-refractivity contribution in [1.29, 1.82) is 0 Å². The molecule has 0 amide bonds. The maximum Gasteiger partial charge on any atom is 0.00944 e. The highest BCUT2D eigenvalue weighted by Gasteiger charge is 2.04. The standard InChI is InChI=1S/C6H9Br/c7-5-6-3-1-2-4-6/h1,3,6H,2,4-5H2. The fourth-order valence-corrected chi connectivity index (χ4v) is 1.36. The van der Waals surface area contributed by atoms with E-state index < -0.39 is 0 Å². The summed E-state index contributed by atoms with van der Waals surface area (Å²) in [4.78, 5) is 0. The van der Waals surface area contributed by atoms with E-state index in [-0.39, 0.29) is 0 Å². The fourth-order valence-electron chi connectivity index (χ4n) is 0.824. The van der Waals surface area contributed by atoms with Crippen LogP contribution in [-0.4, -0.2) is 5.33 Å². The molecule has 0 fully saturated rings. The van der Waals surface area contributed by atoms with E-state index >= 15 is 0 Å². The predicted molar refractivity (Wildman–Crippen MR) is 35.7 cm³/mol. The first-order chi connectivity index (χ1) is 3.43. The van der Waals surface area contributed by atoms with E-state index in [1.54, 1.807) is 0 Å². The lowest BCUT2D eigenvalue weighted by atomic mass is 10.2. The van der Waals surface area contributed by atoms with Crippen LogP contribution < -0.4 is 0 Å². The zero-order valence-electron chi connectivity index (χ0n) is 4.23. The summed E-state index contributed by atoms with van der Waals surface area (Å²) < 4.78 is 0. The van der Waals surface area contributed by atoms with Crippen LogP contribution >= 0.6 is 15.9 Å². The topological polar surface area (TPSA) is 0 Å². The summed E-state index contributed by atoms with van der Waals surface area (Å²) in [6, 6.07) is 0. The first-order valence-corrected chi connectivity index (χ1v) is 3.78. The zero-order chi connectivity index (χ0) is 5.11. The van der Waals surface area contributed by atoms with Crippen LogP contribution in [0, 0.1) is 5.92 Å². The maximum atomic E-state index is 3.42. The van der Waals surface area contributed by atoms with Crippen molar-refractivity contribution < 1.29 is 0 Å². The molecular weight excluding hydrogens is 152 g/mol. The summed E-state index contributed by atoms with van der Waals surface area (Å²) in [5.41, 5.74) is 0. The van der Waals surface area contributed by atoms with Crippen LogP contribution in [0.1, 0.15) is 12.8 Å². The molecule has 1 heteroatoms. The van der Waals surface area contributed by atoms with Gasteiger partial charge in [0.1, 0.15) is 0 Å². The zero-order valence-corrected chi connectivity index (χ0v) is 5.82. The fraction of sp³-hybridized carbons (Fsp3) is 0.667. The van der Waals surface area contributed by atoms with E-state index in [9.17, 15) is 0 Å². The third-order valence-electron chi connectivity index (χ3n) is 1.31. The first kappa shape index (κ1) is 5.36. The largest absolute Gasteiger partial charge is 0.0922 e. The molecule has 0 nitrogen and oxygen atoms in total. The minimum Gasteiger partial charge on any atom is -0.0922 e. The number of hydrogen-bond donors (Lipinski definition) is 0. The van der Waals surface area contributed by atoms with Crippen LogP contribution in [0.25, 0.3) is 0 Å². The summed E-state index contributed by atoms with van der Waals surface area (Å²) >= 11 is 3.42. The Morgan fingerprint density at radius 2 is 2.57 bits per heavy atom. The Bertz CT molecular complexity index is 76.2. The van der Waals surface area contributed by atoms with Gasteiger partial charge in [-0.15, -0.1) is 0 Å². The van der Waals surface area contributed by atoms with Gasteiger partial charge in [-0.1, -0.05) is 28.1 Å². The van der Waals surface area contributed by atoms with Gasteiger partial charge in [0.15, 0.2) is 0 Å². The molecule has 40 valence electrons. The third kappa shape index (κ3) is 1.30. The highest BCUT2D eigenvalue weighted by Crippen LogP contribution is 2.17. The van der Waals surface area contributed by atoms with E-state index in [0.717, 1.165) is 11.2 Å². The van der Waals surface area contributed by atoms with Crippen LogP contribution in [0.4, 0.5) is 0 Å². The minimum absolute atomic E-state index is 0.833. The molecule has 0 aromatic carbocycles. The highest BCUT2D eigenvalue weighted by atomic mass is 79.9. The van der Waals surface area contributed by atoms with Gasteiger partial charge in [0, 0.05) is 5.33 Å². The number of hydrogen-bond acceptors (Lipinski definition) is 0. The van der Waals surface area contributed by atoms with Crippen molar-refractivity contribution in [2.45, 2.75) is 12.8 Å². The molecule has 0 N–H and O–H groups in total. The van der Waals surface area contributed by atoms with Crippen LogP contribution in [0.3, 0.4) is 0 Å². The molecule has 0 bridgehead atoms. The van der Waals surface area contributed by atoms with Crippen molar-refractivity contribution >= 4 is 15.9 Å². The molecule has 1 rings (SSSR count). The maximum absolute atomic E-state index is 3.42. The highest BCUT2D eigenvalue weighted by molar-refractivity contribution is 9.09. The summed E-state index contributed by atoms with van der Waals surface area (Å²) in [6.45, 7) is 0. The summed E-state index contributed by atoms with van der Waals surface area (Å²) in [5, 5.41) is 1.14. The molecule has 0 heterocycles. The molecule has 0 spiro atoms. The molecule has 0 saturated carbocycles. The van der Waals surface area contributed by atoms with Crippen LogP contribution in [-0.2, 0) is 0 Å². The molecule has 1 aliphatic rings. The quantitative estimate of drug-likeness (QED) is 0.409. The molecule has 1 unspecified atom stereocenters. The molecule has 0 aromatic rings. The smallest absolute Gasteiger partial charge is 0.00944 e. The van der Waals surface area contributed by atoms with Gasteiger partial charge in [0.05, 0.1) is 0 Å². The van der Waals surface area contributed by atoms with E-state index in [0.29, 0.717) is 0 Å². The Balaban J connectivity index is 2.28. The molecule has 0 aromatic heterocycles. The van der Waals surface area contributed by atoms with Crippen molar-refractivity contribution in [3.63, 3.8) is 0 Å². The van der Waals surface area contributed by atoms with Crippen molar-refractivity contribution in [1.82, 2.24) is 0 Å². The van der Waals surface area contributed by atoms with Crippen molar-refractivity contribution in [3.05, 3.63) is 12.2 Å². The van der Waals surface area contributed by atoms with Crippen molar-refractivity contribution in [2.75, 3.05) is 5.33 Å².